The average Bonchev–Trinajstić information content (AvgIpc) is 2.42. The van der Waals surface area contributed by atoms with E-state index in [1.807, 2.05) is 32.0 Å². The maximum absolute atomic E-state index is 10.5. The molecule has 0 saturated heterocycles. The number of aliphatic hydroxyl groups excluding tert-OH is 1. The number of nitrogens with zero attached hydrogens (tertiary/aromatic N) is 1. The summed E-state index contributed by atoms with van der Waals surface area (Å²) in [5.74, 6) is 0.835. The fourth-order valence-electron chi connectivity index (χ4n) is 2.34. The van der Waals surface area contributed by atoms with Gasteiger partial charge in [0, 0.05) is 38.4 Å². The van der Waals surface area contributed by atoms with Crippen LogP contribution in [-0.2, 0) is 6.42 Å². The van der Waals surface area contributed by atoms with Gasteiger partial charge in [0.2, 0.25) is 0 Å². The van der Waals surface area contributed by atoms with E-state index in [2.05, 4.69) is 36.8 Å². The van der Waals surface area contributed by atoms with Crippen LogP contribution in [-0.4, -0.2) is 17.2 Å². The van der Waals surface area contributed by atoms with Crippen LogP contribution in [0.4, 0.5) is 0 Å². The number of methoxy groups -OCH3 is 1. The second-order valence-electron chi connectivity index (χ2n) is 4.93. The molecular formula is C16H17Br2NO2. The molecule has 5 heteroatoms. The summed E-state index contributed by atoms with van der Waals surface area (Å²) in [5, 5.41) is 10.5. The standard InChI is InChI=1S/C16H17Br2NO2/c1-9-8-19-14(10(2)16(9)21-3)7-15(20)12-5-4-11(17)6-13(12)18/h4-6,8,15,20H,7H2,1-3H3. The molecule has 2 rings (SSSR count). The number of benzene rings is 1. The molecule has 1 heterocycles. The average molecular weight is 415 g/mol. The lowest BCUT2D eigenvalue weighted by Crippen LogP contribution is -2.07. The van der Waals surface area contributed by atoms with Crippen LogP contribution in [0.2, 0.25) is 0 Å². The van der Waals surface area contributed by atoms with E-state index in [-0.39, 0.29) is 0 Å². The lowest BCUT2D eigenvalue weighted by molar-refractivity contribution is 0.176. The van der Waals surface area contributed by atoms with E-state index >= 15 is 0 Å². The molecule has 1 aromatic carbocycles. The van der Waals surface area contributed by atoms with Gasteiger partial charge < -0.3 is 9.84 Å². The summed E-state index contributed by atoms with van der Waals surface area (Å²) in [6.07, 6.45) is 1.61. The Balaban J connectivity index is 2.29. The molecule has 1 aromatic heterocycles. The third-order valence-electron chi connectivity index (χ3n) is 3.46. The van der Waals surface area contributed by atoms with Crippen molar-refractivity contribution < 1.29 is 9.84 Å². The Labute approximate surface area is 141 Å². The van der Waals surface area contributed by atoms with E-state index in [4.69, 9.17) is 4.74 Å². The van der Waals surface area contributed by atoms with Crippen molar-refractivity contribution in [2.75, 3.05) is 7.11 Å². The van der Waals surface area contributed by atoms with Crippen LogP contribution in [0.1, 0.15) is 28.5 Å². The maximum atomic E-state index is 10.5. The quantitative estimate of drug-likeness (QED) is 0.800. The number of rotatable bonds is 4. The first-order valence-electron chi connectivity index (χ1n) is 6.56. The molecule has 0 bridgehead atoms. The minimum atomic E-state index is -0.619. The molecule has 3 nitrogen and oxygen atoms in total. The van der Waals surface area contributed by atoms with Crippen LogP contribution >= 0.6 is 31.9 Å². The summed E-state index contributed by atoms with van der Waals surface area (Å²) in [6, 6.07) is 5.74. The van der Waals surface area contributed by atoms with E-state index in [0.29, 0.717) is 6.42 Å². The van der Waals surface area contributed by atoms with Crippen molar-refractivity contribution in [3.63, 3.8) is 0 Å². The van der Waals surface area contributed by atoms with Crippen molar-refractivity contribution in [2.45, 2.75) is 26.4 Å². The Morgan fingerprint density at radius 1 is 1.29 bits per heavy atom. The topological polar surface area (TPSA) is 42.4 Å². The Kier molecular flexibility index (Phi) is 5.41. The van der Waals surface area contributed by atoms with Crippen molar-refractivity contribution in [1.82, 2.24) is 4.98 Å². The molecule has 0 spiro atoms. The van der Waals surface area contributed by atoms with Crippen molar-refractivity contribution in [1.29, 1.82) is 0 Å². The highest BCUT2D eigenvalue weighted by Gasteiger charge is 2.17. The van der Waals surface area contributed by atoms with Crippen molar-refractivity contribution in [2.24, 2.45) is 0 Å². The Bertz CT molecular complexity index is 659. The van der Waals surface area contributed by atoms with Crippen molar-refractivity contribution in [3.05, 3.63) is 55.7 Å². The van der Waals surface area contributed by atoms with Gasteiger partial charge in [-0.05, 0) is 31.5 Å². The summed E-state index contributed by atoms with van der Waals surface area (Å²) < 4.78 is 7.25. The van der Waals surface area contributed by atoms with Crippen LogP contribution in [0.15, 0.2) is 33.3 Å². The summed E-state index contributed by atoms with van der Waals surface area (Å²) in [6.45, 7) is 3.93. The molecular weight excluding hydrogens is 398 g/mol. The first-order chi connectivity index (χ1) is 9.93. The fraction of sp³-hybridized carbons (Fsp3) is 0.312. The van der Waals surface area contributed by atoms with Gasteiger partial charge in [-0.2, -0.15) is 0 Å². The Morgan fingerprint density at radius 2 is 2.00 bits per heavy atom. The van der Waals surface area contributed by atoms with Gasteiger partial charge >= 0.3 is 0 Å². The van der Waals surface area contributed by atoms with Crippen LogP contribution < -0.4 is 4.74 Å². The van der Waals surface area contributed by atoms with E-state index in [1.165, 1.54) is 0 Å². The number of hydrogen-bond acceptors (Lipinski definition) is 3. The summed E-state index contributed by atoms with van der Waals surface area (Å²) in [5.41, 5.74) is 3.67. The monoisotopic (exact) mass is 413 g/mol. The van der Waals surface area contributed by atoms with Gasteiger partial charge in [-0.25, -0.2) is 0 Å². The molecule has 0 saturated carbocycles. The van der Waals surface area contributed by atoms with E-state index in [0.717, 1.165) is 37.1 Å². The number of ether oxygens (including phenoxy) is 1. The molecule has 0 amide bonds. The molecule has 0 aliphatic carbocycles. The zero-order chi connectivity index (χ0) is 15.6. The Hall–Kier alpha value is -0.910. The minimum absolute atomic E-state index is 0.447. The van der Waals surface area contributed by atoms with Gasteiger partial charge in [0.25, 0.3) is 0 Å². The molecule has 0 fully saturated rings. The lowest BCUT2D eigenvalue weighted by atomic mass is 10.0. The van der Waals surface area contributed by atoms with Crippen molar-refractivity contribution >= 4 is 31.9 Å². The minimum Gasteiger partial charge on any atom is -0.496 e. The van der Waals surface area contributed by atoms with Gasteiger partial charge in [0.15, 0.2) is 0 Å². The zero-order valence-electron chi connectivity index (χ0n) is 12.2. The highest BCUT2D eigenvalue weighted by atomic mass is 79.9. The number of aryl methyl sites for hydroxylation is 1. The largest absolute Gasteiger partial charge is 0.496 e. The van der Waals surface area contributed by atoms with Crippen LogP contribution in [0.5, 0.6) is 5.75 Å². The molecule has 1 N–H and O–H groups in total. The normalized spacial score (nSPS) is 12.3. The van der Waals surface area contributed by atoms with Crippen molar-refractivity contribution in [3.8, 4) is 5.75 Å². The van der Waals surface area contributed by atoms with Gasteiger partial charge in [-0.3, -0.25) is 4.98 Å². The first kappa shape index (κ1) is 16.5. The van der Waals surface area contributed by atoms with Crippen LogP contribution in [0.25, 0.3) is 0 Å². The molecule has 0 aliphatic heterocycles. The predicted octanol–water partition coefficient (Wildman–Crippen LogP) is 4.51. The number of halogens is 2. The van der Waals surface area contributed by atoms with Crippen LogP contribution in [0.3, 0.4) is 0 Å². The first-order valence-corrected chi connectivity index (χ1v) is 8.14. The van der Waals surface area contributed by atoms with E-state index in [9.17, 15) is 5.11 Å². The van der Waals surface area contributed by atoms with Gasteiger partial charge in [0.1, 0.15) is 5.75 Å². The molecule has 112 valence electrons. The van der Waals surface area contributed by atoms with Gasteiger partial charge in [-0.1, -0.05) is 37.9 Å². The summed E-state index contributed by atoms with van der Waals surface area (Å²) in [7, 11) is 1.65. The second-order valence-corrected chi connectivity index (χ2v) is 6.70. The third kappa shape index (κ3) is 3.65. The smallest absolute Gasteiger partial charge is 0.128 e. The van der Waals surface area contributed by atoms with Gasteiger partial charge in [-0.15, -0.1) is 0 Å². The predicted molar refractivity (Wildman–Crippen MR) is 90.8 cm³/mol. The second kappa shape index (κ2) is 6.90. The van der Waals surface area contributed by atoms with Gasteiger partial charge in [0.05, 0.1) is 13.2 Å². The summed E-state index contributed by atoms with van der Waals surface area (Å²) in [4.78, 5) is 4.43. The Morgan fingerprint density at radius 3 is 2.62 bits per heavy atom. The molecule has 1 unspecified atom stereocenters. The molecule has 0 radical (unpaired) electrons. The zero-order valence-corrected chi connectivity index (χ0v) is 15.3. The summed E-state index contributed by atoms with van der Waals surface area (Å²) >= 11 is 6.89. The molecule has 1 atom stereocenters. The number of aliphatic hydroxyl groups is 1. The maximum Gasteiger partial charge on any atom is 0.128 e. The van der Waals surface area contributed by atoms with E-state index < -0.39 is 6.10 Å². The SMILES string of the molecule is COc1c(C)cnc(CC(O)c2ccc(Br)cc2Br)c1C. The third-order valence-corrected chi connectivity index (χ3v) is 4.64. The molecule has 2 aromatic rings. The molecule has 0 aliphatic rings. The fourth-order valence-corrected chi connectivity index (χ4v) is 3.65. The molecule has 21 heavy (non-hydrogen) atoms. The van der Waals surface area contributed by atoms with Crippen LogP contribution in [0, 0.1) is 13.8 Å². The number of pyridine rings is 1. The highest BCUT2D eigenvalue weighted by molar-refractivity contribution is 9.11. The number of aromatic nitrogens is 1. The lowest BCUT2D eigenvalue weighted by Gasteiger charge is -2.16. The van der Waals surface area contributed by atoms with E-state index in [1.54, 1.807) is 13.3 Å². The number of hydrogen-bond donors (Lipinski definition) is 1. The highest BCUT2D eigenvalue weighted by Crippen LogP contribution is 2.31.